The number of nitrogens with zero attached hydrogens (tertiary/aromatic N) is 1. The van der Waals surface area contributed by atoms with Gasteiger partial charge in [-0.2, -0.15) is 0 Å². The van der Waals surface area contributed by atoms with Crippen LogP contribution in [-0.4, -0.2) is 40.7 Å². The minimum Gasteiger partial charge on any atom is -0.368 e. The summed E-state index contributed by atoms with van der Waals surface area (Å²) in [7, 11) is 0. The van der Waals surface area contributed by atoms with Crippen molar-refractivity contribution in [1.29, 1.82) is 0 Å². The molecule has 2 aliphatic rings. The zero-order chi connectivity index (χ0) is 15.1. The highest BCUT2D eigenvalue weighted by Crippen LogP contribution is 2.46. The van der Waals surface area contributed by atoms with Gasteiger partial charge in [0.2, 0.25) is 17.7 Å². The van der Waals surface area contributed by atoms with Crippen molar-refractivity contribution in [1.82, 2.24) is 10.2 Å². The summed E-state index contributed by atoms with van der Waals surface area (Å²) in [4.78, 5) is 36.6. The van der Waals surface area contributed by atoms with Crippen molar-refractivity contribution in [3.63, 3.8) is 0 Å². The van der Waals surface area contributed by atoms with Gasteiger partial charge in [-0.25, -0.2) is 0 Å². The third-order valence-corrected chi connectivity index (χ3v) is 4.17. The highest BCUT2D eigenvalue weighted by molar-refractivity contribution is 6.08. The molecule has 3 unspecified atom stereocenters. The molecule has 2 fully saturated rings. The lowest BCUT2D eigenvalue weighted by Gasteiger charge is -2.30. The molecular weight excluding hydrogens is 258 g/mol. The molecule has 3 amide bonds. The fraction of sp³-hybridized carbons (Fsp3) is 0.786. The summed E-state index contributed by atoms with van der Waals surface area (Å²) in [6, 6.07) is 0.134. The number of nitrogens with one attached hydrogen (secondary N) is 1. The van der Waals surface area contributed by atoms with Crippen LogP contribution in [0.1, 0.15) is 40.0 Å². The van der Waals surface area contributed by atoms with E-state index in [0.29, 0.717) is 19.4 Å². The fourth-order valence-electron chi connectivity index (χ4n) is 2.96. The van der Waals surface area contributed by atoms with Crippen LogP contribution in [0.4, 0.5) is 0 Å². The predicted octanol–water partition coefficient (Wildman–Crippen LogP) is 0.0135. The van der Waals surface area contributed by atoms with Crippen LogP contribution in [0.5, 0.6) is 0 Å². The van der Waals surface area contributed by atoms with Crippen LogP contribution in [-0.2, 0) is 14.4 Å². The molecule has 0 aromatic rings. The van der Waals surface area contributed by atoms with E-state index in [1.54, 1.807) is 6.92 Å². The quantitative estimate of drug-likeness (QED) is 0.643. The van der Waals surface area contributed by atoms with Crippen molar-refractivity contribution < 1.29 is 14.4 Å². The van der Waals surface area contributed by atoms with E-state index in [4.69, 9.17) is 5.73 Å². The molecule has 0 radical (unpaired) electrons. The van der Waals surface area contributed by atoms with Crippen LogP contribution >= 0.6 is 0 Å². The van der Waals surface area contributed by atoms with E-state index in [1.807, 2.05) is 13.8 Å². The molecule has 0 spiro atoms. The SMILES string of the molecule is CC(C)NC(C)(CCCN1C(=O)C2CC2C1=O)C(N)=O. The van der Waals surface area contributed by atoms with Gasteiger partial charge in [-0.3, -0.25) is 19.3 Å². The first-order valence-electron chi connectivity index (χ1n) is 7.19. The number of nitrogens with two attached hydrogens (primary N) is 1. The second-order valence-electron chi connectivity index (χ2n) is 6.38. The predicted molar refractivity (Wildman–Crippen MR) is 73.4 cm³/mol. The van der Waals surface area contributed by atoms with Gasteiger partial charge in [-0.05, 0) is 40.0 Å². The third kappa shape index (κ3) is 2.70. The van der Waals surface area contributed by atoms with Crippen molar-refractivity contribution in [3.8, 4) is 0 Å². The highest BCUT2D eigenvalue weighted by Gasteiger charge is 2.58. The average Bonchev–Trinajstić information content (AvgIpc) is 3.07. The largest absolute Gasteiger partial charge is 0.368 e. The molecule has 0 bridgehead atoms. The van der Waals surface area contributed by atoms with Crippen molar-refractivity contribution in [2.75, 3.05) is 6.54 Å². The van der Waals surface area contributed by atoms with Gasteiger partial charge in [0.1, 0.15) is 0 Å². The Balaban J connectivity index is 1.86. The number of carbonyl (C=O) groups is 3. The fourth-order valence-corrected chi connectivity index (χ4v) is 2.96. The molecule has 112 valence electrons. The number of imide groups is 1. The maximum absolute atomic E-state index is 11.8. The average molecular weight is 281 g/mol. The monoisotopic (exact) mass is 281 g/mol. The maximum Gasteiger partial charge on any atom is 0.237 e. The molecule has 6 heteroatoms. The van der Waals surface area contributed by atoms with E-state index in [2.05, 4.69) is 5.32 Å². The molecule has 2 rings (SSSR count). The summed E-state index contributed by atoms with van der Waals surface area (Å²) in [6.45, 7) is 6.04. The molecule has 3 N–H and O–H groups in total. The molecule has 3 atom stereocenters. The van der Waals surface area contributed by atoms with Crippen LogP contribution in [0.15, 0.2) is 0 Å². The van der Waals surface area contributed by atoms with Crippen molar-refractivity contribution in [2.24, 2.45) is 17.6 Å². The van der Waals surface area contributed by atoms with Crippen LogP contribution in [0.3, 0.4) is 0 Å². The van der Waals surface area contributed by atoms with Gasteiger partial charge in [0.05, 0.1) is 17.4 Å². The molecule has 1 aliphatic carbocycles. The molecule has 1 saturated heterocycles. The number of amides is 3. The first kappa shape index (κ1) is 15.0. The Morgan fingerprint density at radius 3 is 2.40 bits per heavy atom. The first-order chi connectivity index (χ1) is 9.26. The second-order valence-corrected chi connectivity index (χ2v) is 6.38. The minimum absolute atomic E-state index is 0.0439. The van der Waals surface area contributed by atoms with E-state index in [-0.39, 0.29) is 29.7 Å². The topological polar surface area (TPSA) is 92.5 Å². The smallest absolute Gasteiger partial charge is 0.237 e. The lowest BCUT2D eigenvalue weighted by atomic mass is 9.93. The number of likely N-dealkylation sites (tertiary alicyclic amines) is 1. The number of piperidine rings is 1. The van der Waals surface area contributed by atoms with Gasteiger partial charge in [0.25, 0.3) is 0 Å². The Bertz CT molecular complexity index is 429. The van der Waals surface area contributed by atoms with Crippen molar-refractivity contribution >= 4 is 17.7 Å². The molecule has 1 heterocycles. The Labute approximate surface area is 119 Å². The van der Waals surface area contributed by atoms with Crippen LogP contribution in [0.2, 0.25) is 0 Å². The highest BCUT2D eigenvalue weighted by atomic mass is 16.2. The van der Waals surface area contributed by atoms with Gasteiger partial charge in [0, 0.05) is 12.6 Å². The Hall–Kier alpha value is -1.43. The van der Waals surface area contributed by atoms with Gasteiger partial charge in [-0.15, -0.1) is 0 Å². The van der Waals surface area contributed by atoms with E-state index < -0.39 is 11.4 Å². The number of carbonyl (C=O) groups excluding carboxylic acids is 3. The number of hydrogen-bond acceptors (Lipinski definition) is 4. The third-order valence-electron chi connectivity index (χ3n) is 4.17. The van der Waals surface area contributed by atoms with E-state index in [9.17, 15) is 14.4 Å². The van der Waals surface area contributed by atoms with Gasteiger partial charge >= 0.3 is 0 Å². The summed E-state index contributed by atoms with van der Waals surface area (Å²) in [5.74, 6) is -0.610. The summed E-state index contributed by atoms with van der Waals surface area (Å²) in [6.07, 6.45) is 1.81. The lowest BCUT2D eigenvalue weighted by molar-refractivity contribution is -0.141. The number of primary amides is 1. The van der Waals surface area contributed by atoms with E-state index >= 15 is 0 Å². The summed E-state index contributed by atoms with van der Waals surface area (Å²) in [5, 5.41) is 3.16. The Morgan fingerprint density at radius 2 is 1.95 bits per heavy atom. The molecule has 0 aromatic carbocycles. The zero-order valence-corrected chi connectivity index (χ0v) is 12.3. The number of rotatable bonds is 7. The van der Waals surface area contributed by atoms with Crippen LogP contribution < -0.4 is 11.1 Å². The van der Waals surface area contributed by atoms with Crippen molar-refractivity contribution in [3.05, 3.63) is 0 Å². The van der Waals surface area contributed by atoms with Gasteiger partial charge in [-0.1, -0.05) is 0 Å². The molecule has 1 saturated carbocycles. The molecule has 20 heavy (non-hydrogen) atoms. The standard InChI is InChI=1S/C14H23N3O3/c1-8(2)16-14(3,13(15)20)5-4-6-17-11(18)9-7-10(9)12(17)19/h8-10,16H,4-7H2,1-3H3,(H2,15,20). The number of fused-ring (bicyclic) bond motifs is 1. The lowest BCUT2D eigenvalue weighted by Crippen LogP contribution is -2.55. The Kier molecular flexibility index (Phi) is 3.86. The van der Waals surface area contributed by atoms with E-state index in [1.165, 1.54) is 4.90 Å². The summed E-state index contributed by atoms with van der Waals surface area (Å²) < 4.78 is 0. The summed E-state index contributed by atoms with van der Waals surface area (Å²) >= 11 is 0. The number of hydrogen-bond donors (Lipinski definition) is 2. The van der Waals surface area contributed by atoms with Crippen molar-refractivity contribution in [2.45, 2.75) is 51.6 Å². The van der Waals surface area contributed by atoms with Gasteiger partial charge in [0.15, 0.2) is 0 Å². The zero-order valence-electron chi connectivity index (χ0n) is 12.3. The van der Waals surface area contributed by atoms with E-state index in [0.717, 1.165) is 6.42 Å². The minimum atomic E-state index is -0.803. The normalized spacial score (nSPS) is 27.7. The Morgan fingerprint density at radius 1 is 1.40 bits per heavy atom. The molecular formula is C14H23N3O3. The van der Waals surface area contributed by atoms with Gasteiger partial charge < -0.3 is 11.1 Å². The molecule has 1 aliphatic heterocycles. The van der Waals surface area contributed by atoms with Crippen LogP contribution in [0.25, 0.3) is 0 Å². The second kappa shape index (κ2) is 5.16. The first-order valence-corrected chi connectivity index (χ1v) is 7.19. The molecule has 0 aromatic heterocycles. The van der Waals surface area contributed by atoms with Crippen LogP contribution in [0, 0.1) is 11.8 Å². The molecule has 6 nitrogen and oxygen atoms in total. The summed E-state index contributed by atoms with van der Waals surface area (Å²) in [5.41, 5.74) is 4.65. The maximum atomic E-state index is 11.8.